The van der Waals surface area contributed by atoms with Crippen LogP contribution in [0.25, 0.3) is 6.08 Å². The van der Waals surface area contributed by atoms with E-state index in [1.807, 2.05) is 24.3 Å². The number of benzene rings is 1. The van der Waals surface area contributed by atoms with E-state index in [0.717, 1.165) is 5.70 Å². The van der Waals surface area contributed by atoms with E-state index in [1.165, 1.54) is 5.56 Å². The van der Waals surface area contributed by atoms with E-state index in [2.05, 4.69) is 28.5 Å². The Labute approximate surface area is 77.3 Å². The second kappa shape index (κ2) is 3.72. The Hall–Kier alpha value is -1.83. The van der Waals surface area contributed by atoms with Crippen molar-refractivity contribution < 1.29 is 0 Å². The number of aliphatic imine (C=N–C) groups is 1. The predicted molar refractivity (Wildman–Crippen MR) is 55.2 cm³/mol. The Morgan fingerprint density at radius 2 is 2.00 bits per heavy atom. The Bertz CT molecular complexity index is 361. The molecule has 0 fully saturated rings. The lowest BCUT2D eigenvalue weighted by molar-refractivity contribution is 1.19. The summed E-state index contributed by atoms with van der Waals surface area (Å²) < 4.78 is 0. The minimum atomic E-state index is 1.06. The molecule has 0 aliphatic carbocycles. The highest BCUT2D eigenvalue weighted by Crippen LogP contribution is 2.06. The smallest absolute Gasteiger partial charge is 0.0923 e. The molecule has 0 unspecified atom stereocenters. The van der Waals surface area contributed by atoms with Crippen molar-refractivity contribution in [1.29, 1.82) is 0 Å². The van der Waals surface area contributed by atoms with E-state index >= 15 is 0 Å². The maximum atomic E-state index is 3.91. The number of allylic oxidation sites excluding steroid dienone is 1. The van der Waals surface area contributed by atoms with Crippen LogP contribution in [0.1, 0.15) is 5.56 Å². The van der Waals surface area contributed by atoms with Gasteiger partial charge in [0, 0.05) is 11.9 Å². The number of hydrogen-bond donors (Lipinski definition) is 1. The molecule has 1 aromatic rings. The summed E-state index contributed by atoms with van der Waals surface area (Å²) in [5, 5.41) is 3.05. The highest BCUT2D eigenvalue weighted by Gasteiger charge is 1.92. The molecule has 0 amide bonds. The lowest BCUT2D eigenvalue weighted by Crippen LogP contribution is -2.10. The summed E-state index contributed by atoms with van der Waals surface area (Å²) in [7, 11) is 0. The van der Waals surface area contributed by atoms with Crippen LogP contribution in [0.2, 0.25) is 0 Å². The fourth-order valence-electron chi connectivity index (χ4n) is 1.14. The molecule has 1 aliphatic rings. The maximum absolute atomic E-state index is 3.91. The molecular formula is C11H10N2. The normalized spacial score (nSPS) is 17.4. The van der Waals surface area contributed by atoms with Gasteiger partial charge in [-0.1, -0.05) is 30.3 Å². The molecule has 0 atom stereocenters. The molecule has 1 N–H and O–H groups in total. The van der Waals surface area contributed by atoms with Gasteiger partial charge in [-0.05, 0) is 17.7 Å². The van der Waals surface area contributed by atoms with Crippen LogP contribution >= 0.6 is 0 Å². The average molecular weight is 170 g/mol. The standard InChI is InChI=1S/C11H10N2/c1-2-4-10(5-3-1)8-11-6-7-12-9-13-11/h1-9H,(H,12,13)/b11-8-. The van der Waals surface area contributed by atoms with Crippen molar-refractivity contribution in [2.45, 2.75) is 0 Å². The van der Waals surface area contributed by atoms with Crippen molar-refractivity contribution in [3.8, 4) is 0 Å². The number of nitrogens with one attached hydrogen (secondary N) is 1. The van der Waals surface area contributed by atoms with Crippen LogP contribution in [0.3, 0.4) is 0 Å². The predicted octanol–water partition coefficient (Wildman–Crippen LogP) is 2.17. The van der Waals surface area contributed by atoms with Crippen LogP contribution in [0.15, 0.2) is 53.3 Å². The quantitative estimate of drug-likeness (QED) is 0.686. The van der Waals surface area contributed by atoms with E-state index in [-0.39, 0.29) is 0 Å². The van der Waals surface area contributed by atoms with Gasteiger partial charge in [0.15, 0.2) is 0 Å². The zero-order chi connectivity index (χ0) is 8.93. The third-order valence-electron chi connectivity index (χ3n) is 1.77. The maximum Gasteiger partial charge on any atom is 0.0923 e. The monoisotopic (exact) mass is 170 g/mol. The van der Waals surface area contributed by atoms with Gasteiger partial charge < -0.3 is 5.32 Å². The fourth-order valence-corrected chi connectivity index (χ4v) is 1.14. The molecule has 1 aliphatic heterocycles. The molecule has 1 aromatic carbocycles. The molecule has 64 valence electrons. The van der Waals surface area contributed by atoms with Gasteiger partial charge in [0.25, 0.3) is 0 Å². The van der Waals surface area contributed by atoms with Gasteiger partial charge in [-0.25, -0.2) is 4.99 Å². The molecule has 0 aromatic heterocycles. The van der Waals surface area contributed by atoms with Crippen LogP contribution in [0.5, 0.6) is 0 Å². The summed E-state index contributed by atoms with van der Waals surface area (Å²) in [4.78, 5) is 3.91. The summed E-state index contributed by atoms with van der Waals surface area (Å²) in [5.41, 5.74) is 2.24. The summed E-state index contributed by atoms with van der Waals surface area (Å²) >= 11 is 0. The minimum absolute atomic E-state index is 1.06. The first kappa shape index (κ1) is 7.80. The first-order chi connectivity index (χ1) is 6.45. The van der Waals surface area contributed by atoms with E-state index in [1.54, 1.807) is 12.5 Å². The Kier molecular flexibility index (Phi) is 2.23. The molecule has 2 heteroatoms. The summed E-state index contributed by atoms with van der Waals surface area (Å²) in [6, 6.07) is 10.2. The summed E-state index contributed by atoms with van der Waals surface area (Å²) in [5.74, 6) is 0. The van der Waals surface area contributed by atoms with Crippen molar-refractivity contribution >= 4 is 12.4 Å². The Morgan fingerprint density at radius 1 is 1.15 bits per heavy atom. The van der Waals surface area contributed by atoms with E-state index < -0.39 is 0 Å². The van der Waals surface area contributed by atoms with Crippen LogP contribution in [0.4, 0.5) is 0 Å². The molecule has 1 heterocycles. The molecule has 0 saturated heterocycles. The molecule has 0 saturated carbocycles. The Balaban J connectivity index is 2.21. The molecule has 13 heavy (non-hydrogen) atoms. The van der Waals surface area contributed by atoms with Crippen LogP contribution < -0.4 is 5.32 Å². The van der Waals surface area contributed by atoms with Crippen LogP contribution in [-0.4, -0.2) is 6.34 Å². The van der Waals surface area contributed by atoms with Crippen molar-refractivity contribution in [2.75, 3.05) is 0 Å². The summed E-state index contributed by atoms with van der Waals surface area (Å²) in [6.07, 6.45) is 7.45. The first-order valence-corrected chi connectivity index (χ1v) is 4.17. The van der Waals surface area contributed by atoms with Crippen molar-refractivity contribution in [2.24, 2.45) is 4.99 Å². The molecule has 0 bridgehead atoms. The van der Waals surface area contributed by atoms with Gasteiger partial charge in [-0.15, -0.1) is 0 Å². The number of hydrogen-bond acceptors (Lipinski definition) is 2. The highest BCUT2D eigenvalue weighted by molar-refractivity contribution is 5.67. The number of nitrogens with zero attached hydrogens (tertiary/aromatic N) is 1. The zero-order valence-corrected chi connectivity index (χ0v) is 7.14. The lowest BCUT2D eigenvalue weighted by atomic mass is 10.2. The molecular weight excluding hydrogens is 160 g/mol. The molecule has 2 rings (SSSR count). The molecule has 2 nitrogen and oxygen atoms in total. The molecule has 0 spiro atoms. The SMILES string of the molecule is C1=C/C(=C/c2ccccc2)NC=N1. The van der Waals surface area contributed by atoms with E-state index in [9.17, 15) is 0 Å². The van der Waals surface area contributed by atoms with Crippen LogP contribution in [-0.2, 0) is 0 Å². The van der Waals surface area contributed by atoms with Crippen molar-refractivity contribution in [3.05, 3.63) is 53.9 Å². The van der Waals surface area contributed by atoms with Gasteiger partial charge in [0.05, 0.1) is 6.34 Å². The van der Waals surface area contributed by atoms with Gasteiger partial charge in [-0.3, -0.25) is 0 Å². The van der Waals surface area contributed by atoms with E-state index in [0.29, 0.717) is 0 Å². The fraction of sp³-hybridized carbons (Fsp3) is 0. The largest absolute Gasteiger partial charge is 0.346 e. The van der Waals surface area contributed by atoms with E-state index in [4.69, 9.17) is 0 Å². The second-order valence-corrected chi connectivity index (χ2v) is 2.75. The average Bonchev–Trinajstić information content (AvgIpc) is 2.21. The lowest BCUT2D eigenvalue weighted by Gasteiger charge is -2.03. The topological polar surface area (TPSA) is 24.4 Å². The Morgan fingerprint density at radius 3 is 2.69 bits per heavy atom. The third kappa shape index (κ3) is 2.06. The highest BCUT2D eigenvalue weighted by atomic mass is 15.0. The van der Waals surface area contributed by atoms with Gasteiger partial charge in [0.2, 0.25) is 0 Å². The van der Waals surface area contributed by atoms with Crippen molar-refractivity contribution in [1.82, 2.24) is 5.32 Å². The first-order valence-electron chi connectivity index (χ1n) is 4.17. The van der Waals surface area contributed by atoms with Gasteiger partial charge in [0.1, 0.15) is 0 Å². The second-order valence-electron chi connectivity index (χ2n) is 2.75. The summed E-state index contributed by atoms with van der Waals surface area (Å²) in [6.45, 7) is 0. The third-order valence-corrected chi connectivity index (χ3v) is 1.77. The number of rotatable bonds is 1. The minimum Gasteiger partial charge on any atom is -0.346 e. The van der Waals surface area contributed by atoms with Gasteiger partial charge in [-0.2, -0.15) is 0 Å². The molecule has 0 radical (unpaired) electrons. The van der Waals surface area contributed by atoms with Crippen LogP contribution in [0, 0.1) is 0 Å². The van der Waals surface area contributed by atoms with Gasteiger partial charge >= 0.3 is 0 Å². The zero-order valence-electron chi connectivity index (χ0n) is 7.14. The van der Waals surface area contributed by atoms with Crippen molar-refractivity contribution in [3.63, 3.8) is 0 Å².